The first kappa shape index (κ1) is 16.0. The highest BCUT2D eigenvalue weighted by Gasteiger charge is 2.16. The van der Waals surface area contributed by atoms with E-state index in [2.05, 4.69) is 4.98 Å². The highest BCUT2D eigenvalue weighted by Crippen LogP contribution is 2.28. The summed E-state index contributed by atoms with van der Waals surface area (Å²) in [7, 11) is 0. The smallest absolute Gasteiger partial charge is 0.344 e. The van der Waals surface area contributed by atoms with Gasteiger partial charge in [-0.15, -0.1) is 11.3 Å². The van der Waals surface area contributed by atoms with Gasteiger partial charge in [-0.2, -0.15) is 5.26 Å². The van der Waals surface area contributed by atoms with Crippen molar-refractivity contribution in [1.82, 2.24) is 4.98 Å². The van der Waals surface area contributed by atoms with Crippen molar-refractivity contribution >= 4 is 28.2 Å². The van der Waals surface area contributed by atoms with Gasteiger partial charge in [-0.3, -0.25) is 0 Å². The van der Waals surface area contributed by atoms with Crippen LogP contribution in [0.2, 0.25) is 0 Å². The molecule has 0 radical (unpaired) electrons. The molecule has 2 aromatic carbocycles. The Kier molecular flexibility index (Phi) is 4.18. The molecule has 0 unspecified atom stereocenters. The minimum atomic E-state index is -0.475. The van der Waals surface area contributed by atoms with Crippen LogP contribution in [0.25, 0.3) is 21.5 Å². The van der Waals surface area contributed by atoms with Gasteiger partial charge in [0.25, 0.3) is 0 Å². The standard InChI is InChI=1S/C21H12N2O2S/c22-13-14-5-3-6-15(11-14)25-21(24)17-12-19(20-9-4-10-26-20)23-18-8-2-1-7-16(17)18/h1-12H. The number of benzene rings is 2. The first-order valence-corrected chi connectivity index (χ1v) is 8.78. The molecule has 26 heavy (non-hydrogen) atoms. The normalized spacial score (nSPS) is 10.4. The summed E-state index contributed by atoms with van der Waals surface area (Å²) in [6, 6.07) is 21.7. The zero-order chi connectivity index (χ0) is 17.9. The largest absolute Gasteiger partial charge is 0.423 e. The fraction of sp³-hybridized carbons (Fsp3) is 0. The fourth-order valence-corrected chi connectivity index (χ4v) is 3.37. The molecule has 0 aliphatic rings. The number of nitriles is 1. The summed E-state index contributed by atoms with van der Waals surface area (Å²) in [4.78, 5) is 18.5. The Hall–Kier alpha value is -3.49. The van der Waals surface area contributed by atoms with Gasteiger partial charge in [-0.25, -0.2) is 9.78 Å². The van der Waals surface area contributed by atoms with Crippen molar-refractivity contribution in [3.8, 4) is 22.4 Å². The van der Waals surface area contributed by atoms with Crippen LogP contribution >= 0.6 is 11.3 Å². The maximum absolute atomic E-state index is 12.8. The molecule has 0 atom stereocenters. The minimum Gasteiger partial charge on any atom is -0.423 e. The Morgan fingerprint density at radius 2 is 1.92 bits per heavy atom. The van der Waals surface area contributed by atoms with Crippen molar-refractivity contribution in [1.29, 1.82) is 5.26 Å². The number of aromatic nitrogens is 1. The molecule has 0 N–H and O–H groups in total. The molecule has 4 aromatic rings. The number of nitrogens with zero attached hydrogens (tertiary/aromatic N) is 2. The lowest BCUT2D eigenvalue weighted by molar-refractivity contribution is 0.0737. The topological polar surface area (TPSA) is 63.0 Å². The van der Waals surface area contributed by atoms with Gasteiger partial charge >= 0.3 is 5.97 Å². The molecule has 0 aliphatic heterocycles. The summed E-state index contributed by atoms with van der Waals surface area (Å²) in [5.41, 5.74) is 2.35. The van der Waals surface area contributed by atoms with Crippen LogP contribution in [0.4, 0.5) is 0 Å². The Balaban J connectivity index is 1.79. The average molecular weight is 356 g/mol. The first-order chi connectivity index (χ1) is 12.7. The highest BCUT2D eigenvalue weighted by molar-refractivity contribution is 7.13. The third kappa shape index (κ3) is 3.06. The van der Waals surface area contributed by atoms with Gasteiger partial charge in [0, 0.05) is 5.39 Å². The molecule has 0 aliphatic carbocycles. The van der Waals surface area contributed by atoms with Crippen LogP contribution in [-0.4, -0.2) is 11.0 Å². The van der Waals surface area contributed by atoms with Crippen molar-refractivity contribution < 1.29 is 9.53 Å². The number of thiophene rings is 1. The van der Waals surface area contributed by atoms with E-state index in [1.165, 1.54) is 0 Å². The maximum atomic E-state index is 12.8. The van der Waals surface area contributed by atoms with Crippen molar-refractivity contribution in [2.75, 3.05) is 0 Å². The molecule has 0 spiro atoms. The van der Waals surface area contributed by atoms with Crippen LogP contribution in [0.5, 0.6) is 5.75 Å². The molecule has 5 heteroatoms. The van der Waals surface area contributed by atoms with Crippen LogP contribution in [0.1, 0.15) is 15.9 Å². The summed E-state index contributed by atoms with van der Waals surface area (Å²) in [6.07, 6.45) is 0. The lowest BCUT2D eigenvalue weighted by Crippen LogP contribution is -2.10. The number of hydrogen-bond donors (Lipinski definition) is 0. The van der Waals surface area contributed by atoms with E-state index < -0.39 is 5.97 Å². The van der Waals surface area contributed by atoms with E-state index in [9.17, 15) is 4.79 Å². The van der Waals surface area contributed by atoms with Crippen molar-refractivity contribution in [2.45, 2.75) is 0 Å². The molecule has 0 bridgehead atoms. The van der Waals surface area contributed by atoms with E-state index >= 15 is 0 Å². The quantitative estimate of drug-likeness (QED) is 0.380. The van der Waals surface area contributed by atoms with Gasteiger partial charge in [-0.1, -0.05) is 30.3 Å². The number of ether oxygens (including phenoxy) is 1. The molecule has 0 fully saturated rings. The predicted molar refractivity (Wildman–Crippen MR) is 101 cm³/mol. The van der Waals surface area contributed by atoms with Gasteiger partial charge in [0.2, 0.25) is 0 Å². The van der Waals surface area contributed by atoms with Gasteiger partial charge in [-0.05, 0) is 41.8 Å². The molecule has 2 aromatic heterocycles. The van der Waals surface area contributed by atoms with Crippen LogP contribution < -0.4 is 4.74 Å². The van der Waals surface area contributed by atoms with E-state index in [0.717, 1.165) is 21.5 Å². The third-order valence-corrected chi connectivity index (χ3v) is 4.78. The molecule has 4 rings (SSSR count). The third-order valence-electron chi connectivity index (χ3n) is 3.88. The fourth-order valence-electron chi connectivity index (χ4n) is 2.69. The van der Waals surface area contributed by atoms with Gasteiger partial charge < -0.3 is 4.74 Å². The molecule has 124 valence electrons. The number of para-hydroxylation sites is 1. The average Bonchev–Trinajstić information content (AvgIpc) is 3.22. The van der Waals surface area contributed by atoms with Crippen LogP contribution in [0, 0.1) is 11.3 Å². The van der Waals surface area contributed by atoms with Crippen molar-refractivity contribution in [3.05, 3.63) is 83.2 Å². The number of hydrogen-bond acceptors (Lipinski definition) is 5. The summed E-state index contributed by atoms with van der Waals surface area (Å²) in [5, 5.41) is 11.7. The number of rotatable bonds is 3. The number of fused-ring (bicyclic) bond motifs is 1. The second kappa shape index (κ2) is 6.79. The molecule has 2 heterocycles. The highest BCUT2D eigenvalue weighted by atomic mass is 32.1. The SMILES string of the molecule is N#Cc1cccc(OC(=O)c2cc(-c3cccs3)nc3ccccc23)c1. The van der Waals surface area contributed by atoms with Gasteiger partial charge in [0.15, 0.2) is 0 Å². The zero-order valence-electron chi connectivity index (χ0n) is 13.5. The molecule has 0 saturated carbocycles. The maximum Gasteiger partial charge on any atom is 0.344 e. The van der Waals surface area contributed by atoms with Crippen molar-refractivity contribution in [3.63, 3.8) is 0 Å². The lowest BCUT2D eigenvalue weighted by atomic mass is 10.1. The van der Waals surface area contributed by atoms with Gasteiger partial charge in [0.1, 0.15) is 5.75 Å². The number of carbonyl (C=O) groups excluding carboxylic acids is 1. The minimum absolute atomic E-state index is 0.340. The summed E-state index contributed by atoms with van der Waals surface area (Å²) >= 11 is 1.56. The van der Waals surface area contributed by atoms with E-state index in [4.69, 9.17) is 10.00 Å². The second-order valence-corrected chi connectivity index (χ2v) is 6.53. The van der Waals surface area contributed by atoms with Crippen molar-refractivity contribution in [2.24, 2.45) is 0 Å². The summed E-state index contributed by atoms with van der Waals surface area (Å²) in [5.74, 6) is -0.135. The Morgan fingerprint density at radius 3 is 2.73 bits per heavy atom. The van der Waals surface area contributed by atoms with Gasteiger partial charge in [0.05, 0.1) is 33.3 Å². The molecular formula is C21H12N2O2S. The van der Waals surface area contributed by atoms with Crippen LogP contribution in [0.15, 0.2) is 72.1 Å². The number of carbonyl (C=O) groups is 1. The van der Waals surface area contributed by atoms with E-state index in [0.29, 0.717) is 16.9 Å². The van der Waals surface area contributed by atoms with E-state index in [1.54, 1.807) is 41.7 Å². The zero-order valence-corrected chi connectivity index (χ0v) is 14.4. The Morgan fingerprint density at radius 1 is 1.04 bits per heavy atom. The number of esters is 1. The van der Waals surface area contributed by atoms with E-state index in [-0.39, 0.29) is 0 Å². The molecule has 4 nitrogen and oxygen atoms in total. The summed E-state index contributed by atoms with van der Waals surface area (Å²) in [6.45, 7) is 0. The Labute approximate surface area is 153 Å². The molecular weight excluding hydrogens is 344 g/mol. The van der Waals surface area contributed by atoms with E-state index in [1.807, 2.05) is 47.8 Å². The lowest BCUT2D eigenvalue weighted by Gasteiger charge is -2.09. The van der Waals surface area contributed by atoms with Crippen LogP contribution in [0.3, 0.4) is 0 Å². The molecule has 0 amide bonds. The predicted octanol–water partition coefficient (Wildman–Crippen LogP) is 5.05. The van der Waals surface area contributed by atoms with Crippen LogP contribution in [-0.2, 0) is 0 Å². The molecule has 0 saturated heterocycles. The first-order valence-electron chi connectivity index (χ1n) is 7.90. The summed E-state index contributed by atoms with van der Waals surface area (Å²) < 4.78 is 5.51. The Bertz CT molecular complexity index is 1140. The monoisotopic (exact) mass is 356 g/mol. The second-order valence-electron chi connectivity index (χ2n) is 5.58. The number of pyridine rings is 1.